The topological polar surface area (TPSA) is 73.6 Å². The maximum atomic E-state index is 10.9. The van der Waals surface area contributed by atoms with Crippen LogP contribution in [0.4, 0.5) is 5.69 Å². The van der Waals surface area contributed by atoms with Crippen molar-refractivity contribution in [2.75, 3.05) is 6.54 Å². The van der Waals surface area contributed by atoms with Gasteiger partial charge in [0.1, 0.15) is 5.75 Å². The highest BCUT2D eigenvalue weighted by atomic mass is 32.5. The van der Waals surface area contributed by atoms with E-state index in [0.29, 0.717) is 11.3 Å². The number of nitrogens with zero attached hydrogens (tertiary/aromatic N) is 1. The summed E-state index contributed by atoms with van der Waals surface area (Å²) in [6.45, 7) is 0.739. The van der Waals surface area contributed by atoms with Crippen molar-refractivity contribution in [2.45, 2.75) is 110 Å². The average molecular weight is 485 g/mol. The first-order valence-corrected chi connectivity index (χ1v) is 15.1. The first kappa shape index (κ1) is 27.2. The molecule has 182 valence electrons. The number of hydrogen-bond donors (Lipinski definition) is 1. The molecule has 1 aliphatic heterocycles. The fourth-order valence-electron chi connectivity index (χ4n) is 3.98. The number of non-ortho nitro benzene ring substituents is 1. The van der Waals surface area contributed by atoms with Crippen LogP contribution in [0, 0.1) is 10.1 Å². The maximum Gasteiger partial charge on any atom is 0.313 e. The van der Waals surface area contributed by atoms with Crippen LogP contribution in [0.25, 0.3) is 0 Å². The minimum atomic E-state index is -2.56. The van der Waals surface area contributed by atoms with Gasteiger partial charge in [0.2, 0.25) is 0 Å². The lowest BCUT2D eigenvalue weighted by Crippen LogP contribution is -2.21. The zero-order valence-electron chi connectivity index (χ0n) is 19.7. The van der Waals surface area contributed by atoms with Gasteiger partial charge in [0.05, 0.1) is 11.5 Å². The molecule has 0 saturated carbocycles. The first-order chi connectivity index (χ1) is 15.5. The number of unbranched alkanes of at least 4 members (excludes halogenated alkanes) is 14. The Bertz CT molecular complexity index is 732. The van der Waals surface area contributed by atoms with E-state index in [0.717, 1.165) is 13.0 Å². The van der Waals surface area contributed by atoms with Gasteiger partial charge in [-0.15, -0.1) is 0 Å². The number of nitrogens with one attached hydrogen (secondary N) is 1. The molecule has 0 fully saturated rings. The first-order valence-electron chi connectivity index (χ1n) is 12.5. The van der Waals surface area contributed by atoms with E-state index in [4.69, 9.17) is 20.9 Å². The summed E-state index contributed by atoms with van der Waals surface area (Å²) in [6.07, 6.45) is 20.1. The van der Waals surface area contributed by atoms with Gasteiger partial charge in [0, 0.05) is 24.2 Å². The Kier molecular flexibility index (Phi) is 13.4. The second-order valence-electron chi connectivity index (χ2n) is 8.77. The van der Waals surface area contributed by atoms with Gasteiger partial charge in [0.15, 0.2) is 0 Å². The van der Waals surface area contributed by atoms with Gasteiger partial charge >= 0.3 is 6.64 Å². The summed E-state index contributed by atoms with van der Waals surface area (Å²) in [5, 5.41) is 14.2. The Hall–Kier alpha value is -1.01. The highest BCUT2D eigenvalue weighted by Crippen LogP contribution is 2.50. The Balaban J connectivity index is 1.44. The number of nitro groups is 1. The van der Waals surface area contributed by atoms with Crippen molar-refractivity contribution in [3.8, 4) is 5.75 Å². The van der Waals surface area contributed by atoms with Crippen LogP contribution in [0.5, 0.6) is 5.75 Å². The van der Waals surface area contributed by atoms with Crippen molar-refractivity contribution in [1.29, 1.82) is 0 Å². The van der Waals surface area contributed by atoms with Crippen LogP contribution >= 0.6 is 6.64 Å². The standard InChI is InChI=1S/C24H41N2O4PS/c1-2-3-4-5-6-7-8-9-10-11-12-13-14-15-16-19-25-31(32)29-21-22-20-23(26(27)28)17-18-24(22)30-31/h17-18,20H,2-16,19,21H2,1H3,(H,25,32)/t31-/m0/s1. The summed E-state index contributed by atoms with van der Waals surface area (Å²) in [5.74, 6) is 0.592. The van der Waals surface area contributed by atoms with Gasteiger partial charge in [-0.1, -0.05) is 96.8 Å². The third-order valence-electron chi connectivity index (χ3n) is 5.95. The van der Waals surface area contributed by atoms with Crippen LogP contribution < -0.4 is 9.61 Å². The van der Waals surface area contributed by atoms with Crippen LogP contribution in [-0.4, -0.2) is 11.5 Å². The molecule has 0 aliphatic carbocycles. The zero-order chi connectivity index (χ0) is 23.1. The molecule has 6 nitrogen and oxygen atoms in total. The molecule has 2 rings (SSSR count). The van der Waals surface area contributed by atoms with Crippen LogP contribution in [0.1, 0.15) is 109 Å². The molecule has 1 aromatic rings. The molecule has 1 heterocycles. The van der Waals surface area contributed by atoms with Crippen molar-refractivity contribution in [3.63, 3.8) is 0 Å². The van der Waals surface area contributed by atoms with Crippen molar-refractivity contribution in [1.82, 2.24) is 5.09 Å². The van der Waals surface area contributed by atoms with Gasteiger partial charge < -0.3 is 9.05 Å². The number of benzene rings is 1. The highest BCUT2D eigenvalue weighted by Gasteiger charge is 2.28. The summed E-state index contributed by atoms with van der Waals surface area (Å²) in [7, 11) is 0. The van der Waals surface area contributed by atoms with Gasteiger partial charge in [-0.25, -0.2) is 5.09 Å². The largest absolute Gasteiger partial charge is 0.432 e. The zero-order valence-corrected chi connectivity index (χ0v) is 21.4. The van der Waals surface area contributed by atoms with Gasteiger partial charge in [-0.3, -0.25) is 10.1 Å². The van der Waals surface area contributed by atoms with Crippen molar-refractivity contribution in [3.05, 3.63) is 33.9 Å². The lowest BCUT2D eigenvalue weighted by Gasteiger charge is -2.29. The molecule has 1 N–H and O–H groups in total. The molecular formula is C24H41N2O4PS. The molecule has 1 aliphatic rings. The molecule has 0 aromatic heterocycles. The Morgan fingerprint density at radius 1 is 0.938 bits per heavy atom. The Labute approximate surface area is 199 Å². The van der Waals surface area contributed by atoms with Crippen LogP contribution in [0.15, 0.2) is 18.2 Å². The molecule has 0 radical (unpaired) electrons. The van der Waals surface area contributed by atoms with Gasteiger partial charge in [-0.05, 0) is 24.3 Å². The molecule has 0 spiro atoms. The molecule has 1 atom stereocenters. The number of fused-ring (bicyclic) bond motifs is 1. The SMILES string of the molecule is CCCCCCCCCCCCCCCCCN[P@]1(=S)OCc2cc([N+](=O)[O-])ccc2O1. The van der Waals surface area contributed by atoms with Crippen LogP contribution in [0.3, 0.4) is 0 Å². The number of rotatable bonds is 18. The molecule has 0 saturated heterocycles. The minimum absolute atomic E-state index is 0.0388. The fourth-order valence-corrected chi connectivity index (χ4v) is 6.04. The third-order valence-corrected chi connectivity index (χ3v) is 8.39. The molecule has 0 bridgehead atoms. The number of nitro benzene ring substituents is 1. The van der Waals surface area contributed by atoms with E-state index in [9.17, 15) is 10.1 Å². The molecule has 0 amide bonds. The normalized spacial score (nSPS) is 17.7. The Morgan fingerprint density at radius 2 is 1.47 bits per heavy atom. The molecular weight excluding hydrogens is 443 g/mol. The van der Waals surface area contributed by atoms with Gasteiger partial charge in [-0.2, -0.15) is 0 Å². The van der Waals surface area contributed by atoms with E-state index in [-0.39, 0.29) is 12.3 Å². The minimum Gasteiger partial charge on any atom is -0.432 e. The monoisotopic (exact) mass is 484 g/mol. The number of hydrogen-bond acceptors (Lipinski definition) is 5. The quantitative estimate of drug-likeness (QED) is 0.0980. The van der Waals surface area contributed by atoms with E-state index in [1.165, 1.54) is 102 Å². The van der Waals surface area contributed by atoms with Crippen molar-refractivity contribution >= 4 is 24.1 Å². The lowest BCUT2D eigenvalue weighted by atomic mass is 10.0. The van der Waals surface area contributed by atoms with Crippen molar-refractivity contribution < 1.29 is 14.0 Å². The predicted molar refractivity (Wildman–Crippen MR) is 136 cm³/mol. The van der Waals surface area contributed by atoms with E-state index < -0.39 is 11.6 Å². The van der Waals surface area contributed by atoms with Crippen molar-refractivity contribution in [2.24, 2.45) is 0 Å². The predicted octanol–water partition coefficient (Wildman–Crippen LogP) is 8.19. The van der Waals surface area contributed by atoms with E-state index >= 15 is 0 Å². The second-order valence-corrected chi connectivity index (χ2v) is 12.0. The summed E-state index contributed by atoms with van der Waals surface area (Å²) in [4.78, 5) is 10.5. The highest BCUT2D eigenvalue weighted by molar-refractivity contribution is 8.09. The second kappa shape index (κ2) is 15.8. The molecule has 32 heavy (non-hydrogen) atoms. The summed E-state index contributed by atoms with van der Waals surface area (Å²) >= 11 is 5.54. The molecule has 8 heteroatoms. The van der Waals surface area contributed by atoms with E-state index in [1.807, 2.05) is 0 Å². The summed E-state index contributed by atoms with van der Waals surface area (Å²) < 4.78 is 11.6. The maximum absolute atomic E-state index is 10.9. The van der Waals surface area contributed by atoms with Gasteiger partial charge in [0.25, 0.3) is 5.69 Å². The lowest BCUT2D eigenvalue weighted by molar-refractivity contribution is -0.385. The fraction of sp³-hybridized carbons (Fsp3) is 0.750. The average Bonchev–Trinajstić information content (AvgIpc) is 2.78. The molecule has 1 aromatic carbocycles. The summed E-state index contributed by atoms with van der Waals surface area (Å²) in [6, 6.07) is 4.55. The molecule has 0 unspecified atom stereocenters. The van der Waals surface area contributed by atoms with E-state index in [1.54, 1.807) is 6.07 Å². The van der Waals surface area contributed by atoms with Crippen LogP contribution in [0.2, 0.25) is 0 Å². The summed E-state index contributed by atoms with van der Waals surface area (Å²) in [5.41, 5.74) is 0.713. The van der Waals surface area contributed by atoms with Crippen LogP contribution in [-0.2, 0) is 22.9 Å². The van der Waals surface area contributed by atoms with E-state index in [2.05, 4.69) is 12.0 Å². The Morgan fingerprint density at radius 3 is 2.00 bits per heavy atom. The smallest absolute Gasteiger partial charge is 0.313 e. The third kappa shape index (κ3) is 10.7.